The number of nitrogens with zero attached hydrogens (tertiary/aromatic N) is 2. The van der Waals surface area contributed by atoms with Crippen molar-refractivity contribution < 1.29 is 0 Å². The second-order valence-electron chi connectivity index (χ2n) is 3.88. The Hall–Kier alpha value is -0.610. The molecule has 1 saturated carbocycles. The van der Waals surface area contributed by atoms with Crippen LogP contribution in [0.15, 0.2) is 23.6 Å². The number of aromatic nitrogens is 2. The highest BCUT2D eigenvalue weighted by atomic mass is 32.2. The van der Waals surface area contributed by atoms with Gasteiger partial charge in [0.05, 0.1) is 5.03 Å². The molecule has 15 heavy (non-hydrogen) atoms. The van der Waals surface area contributed by atoms with Gasteiger partial charge in [0.1, 0.15) is 6.33 Å². The third-order valence-corrected chi connectivity index (χ3v) is 4.25. The van der Waals surface area contributed by atoms with Gasteiger partial charge in [0.2, 0.25) is 0 Å². The summed E-state index contributed by atoms with van der Waals surface area (Å²) in [5.41, 5.74) is 0. The normalized spacial score (nSPS) is 26.5. The van der Waals surface area contributed by atoms with Crippen LogP contribution in [0.25, 0.3) is 0 Å². The highest BCUT2D eigenvalue weighted by Gasteiger charge is 2.24. The topological polar surface area (TPSA) is 37.8 Å². The Morgan fingerprint density at radius 3 is 3.00 bits per heavy atom. The molecule has 1 fully saturated rings. The van der Waals surface area contributed by atoms with E-state index in [9.17, 15) is 0 Å². The monoisotopic (exact) mass is 223 g/mol. The zero-order chi connectivity index (χ0) is 10.5. The van der Waals surface area contributed by atoms with Gasteiger partial charge in [-0.05, 0) is 26.0 Å². The minimum atomic E-state index is 0.638. The molecule has 2 atom stereocenters. The van der Waals surface area contributed by atoms with Crippen molar-refractivity contribution in [2.24, 2.45) is 0 Å². The fraction of sp³-hybridized carbons (Fsp3) is 0.636. The summed E-state index contributed by atoms with van der Waals surface area (Å²) in [5.74, 6) is 0. The maximum Gasteiger partial charge on any atom is 0.116 e. The molecule has 1 heterocycles. The molecule has 0 spiro atoms. The third kappa shape index (κ3) is 2.92. The van der Waals surface area contributed by atoms with Crippen molar-refractivity contribution in [1.82, 2.24) is 15.3 Å². The summed E-state index contributed by atoms with van der Waals surface area (Å²) in [6, 6.07) is 2.63. The molecule has 0 saturated heterocycles. The van der Waals surface area contributed by atoms with Gasteiger partial charge in [-0.15, -0.1) is 11.8 Å². The molecule has 2 rings (SSSR count). The fourth-order valence-electron chi connectivity index (χ4n) is 2.07. The first-order valence-corrected chi connectivity index (χ1v) is 6.38. The van der Waals surface area contributed by atoms with Gasteiger partial charge in [-0.1, -0.05) is 12.8 Å². The van der Waals surface area contributed by atoms with Crippen molar-refractivity contribution in [3.63, 3.8) is 0 Å². The molecule has 0 radical (unpaired) electrons. The molecule has 2 unspecified atom stereocenters. The molecule has 1 aromatic heterocycles. The average Bonchev–Trinajstić information content (AvgIpc) is 2.31. The van der Waals surface area contributed by atoms with Crippen LogP contribution in [0.3, 0.4) is 0 Å². The summed E-state index contributed by atoms with van der Waals surface area (Å²) in [6.07, 6.45) is 8.72. The lowest BCUT2D eigenvalue weighted by Gasteiger charge is -2.30. The predicted octanol–water partition coefficient (Wildman–Crippen LogP) is 2.10. The molecule has 1 aromatic rings. The summed E-state index contributed by atoms with van der Waals surface area (Å²) in [7, 11) is 2.06. The van der Waals surface area contributed by atoms with E-state index in [1.54, 1.807) is 6.33 Å². The van der Waals surface area contributed by atoms with Crippen LogP contribution in [0, 0.1) is 0 Å². The molecule has 3 nitrogen and oxygen atoms in total. The minimum absolute atomic E-state index is 0.638. The number of hydrogen-bond donors (Lipinski definition) is 1. The third-order valence-electron chi connectivity index (χ3n) is 2.90. The second kappa shape index (κ2) is 5.47. The van der Waals surface area contributed by atoms with Crippen LogP contribution in [-0.2, 0) is 0 Å². The van der Waals surface area contributed by atoms with Gasteiger partial charge >= 0.3 is 0 Å². The number of nitrogens with one attached hydrogen (secondary N) is 1. The fourth-order valence-corrected chi connectivity index (χ4v) is 3.35. The quantitative estimate of drug-likeness (QED) is 0.796. The lowest BCUT2D eigenvalue weighted by atomic mass is 9.95. The molecule has 0 amide bonds. The molecular weight excluding hydrogens is 206 g/mol. The molecule has 0 aliphatic heterocycles. The van der Waals surface area contributed by atoms with Crippen molar-refractivity contribution in [3.05, 3.63) is 18.6 Å². The lowest BCUT2D eigenvalue weighted by molar-refractivity contribution is 0.405. The van der Waals surface area contributed by atoms with Gasteiger partial charge in [0.15, 0.2) is 0 Å². The van der Waals surface area contributed by atoms with Crippen LogP contribution in [0.1, 0.15) is 25.7 Å². The summed E-state index contributed by atoms with van der Waals surface area (Å²) in [5, 5.41) is 5.17. The molecule has 1 aliphatic carbocycles. The summed E-state index contributed by atoms with van der Waals surface area (Å²) < 4.78 is 0. The Bertz CT molecular complexity index is 291. The SMILES string of the molecule is CNC1CCCCC1Sc1ccncn1. The zero-order valence-electron chi connectivity index (χ0n) is 9.02. The van der Waals surface area contributed by atoms with Crippen molar-refractivity contribution >= 4 is 11.8 Å². The van der Waals surface area contributed by atoms with Crippen LogP contribution in [-0.4, -0.2) is 28.3 Å². The van der Waals surface area contributed by atoms with E-state index in [0.29, 0.717) is 11.3 Å². The Labute approximate surface area is 95.1 Å². The van der Waals surface area contributed by atoms with Gasteiger partial charge in [-0.3, -0.25) is 0 Å². The minimum Gasteiger partial charge on any atom is -0.316 e. The van der Waals surface area contributed by atoms with E-state index in [-0.39, 0.29) is 0 Å². The van der Waals surface area contributed by atoms with E-state index >= 15 is 0 Å². The van der Waals surface area contributed by atoms with Crippen LogP contribution in [0.2, 0.25) is 0 Å². The summed E-state index contributed by atoms with van der Waals surface area (Å²) in [4.78, 5) is 8.20. The molecule has 82 valence electrons. The summed E-state index contributed by atoms with van der Waals surface area (Å²) >= 11 is 1.88. The second-order valence-corrected chi connectivity index (χ2v) is 5.14. The summed E-state index contributed by atoms with van der Waals surface area (Å²) in [6.45, 7) is 0. The number of hydrogen-bond acceptors (Lipinski definition) is 4. The molecule has 4 heteroatoms. The van der Waals surface area contributed by atoms with E-state index in [4.69, 9.17) is 0 Å². The maximum absolute atomic E-state index is 4.27. The van der Waals surface area contributed by atoms with E-state index in [1.807, 2.05) is 24.0 Å². The van der Waals surface area contributed by atoms with Gasteiger partial charge < -0.3 is 5.32 Å². The van der Waals surface area contributed by atoms with E-state index in [0.717, 1.165) is 5.03 Å². The first kappa shape index (κ1) is 10.9. The van der Waals surface area contributed by atoms with Crippen LogP contribution in [0.4, 0.5) is 0 Å². The first-order chi connectivity index (χ1) is 7.40. The van der Waals surface area contributed by atoms with Crippen molar-refractivity contribution in [2.45, 2.75) is 42.0 Å². The highest BCUT2D eigenvalue weighted by molar-refractivity contribution is 7.99. The molecule has 0 bridgehead atoms. The molecule has 1 N–H and O–H groups in total. The predicted molar refractivity (Wildman–Crippen MR) is 63.0 cm³/mol. The molecular formula is C11H17N3S. The van der Waals surface area contributed by atoms with Crippen molar-refractivity contribution in [3.8, 4) is 0 Å². The van der Waals surface area contributed by atoms with Crippen molar-refractivity contribution in [1.29, 1.82) is 0 Å². The Balaban J connectivity index is 1.97. The van der Waals surface area contributed by atoms with E-state index in [2.05, 4.69) is 22.3 Å². The number of rotatable bonds is 3. The smallest absolute Gasteiger partial charge is 0.116 e. The van der Waals surface area contributed by atoms with Crippen molar-refractivity contribution in [2.75, 3.05) is 7.05 Å². The van der Waals surface area contributed by atoms with Gasteiger partial charge in [0, 0.05) is 17.5 Å². The standard InChI is InChI=1S/C11H17N3S/c1-12-9-4-2-3-5-10(9)15-11-6-7-13-8-14-11/h6-10,12H,2-5H2,1H3. The average molecular weight is 223 g/mol. The first-order valence-electron chi connectivity index (χ1n) is 5.50. The van der Waals surface area contributed by atoms with E-state index < -0.39 is 0 Å². The highest BCUT2D eigenvalue weighted by Crippen LogP contribution is 2.32. The molecule has 1 aliphatic rings. The van der Waals surface area contributed by atoms with Gasteiger partial charge in [-0.25, -0.2) is 9.97 Å². The van der Waals surface area contributed by atoms with Crippen LogP contribution in [0.5, 0.6) is 0 Å². The van der Waals surface area contributed by atoms with E-state index in [1.165, 1.54) is 25.7 Å². The zero-order valence-corrected chi connectivity index (χ0v) is 9.83. The lowest BCUT2D eigenvalue weighted by Crippen LogP contribution is -2.38. The Kier molecular flexibility index (Phi) is 3.97. The van der Waals surface area contributed by atoms with Crippen LogP contribution < -0.4 is 5.32 Å². The molecule has 0 aromatic carbocycles. The largest absolute Gasteiger partial charge is 0.316 e. The van der Waals surface area contributed by atoms with Gasteiger partial charge in [-0.2, -0.15) is 0 Å². The Morgan fingerprint density at radius 2 is 2.27 bits per heavy atom. The maximum atomic E-state index is 4.27. The Morgan fingerprint density at radius 1 is 1.40 bits per heavy atom. The number of thioether (sulfide) groups is 1. The van der Waals surface area contributed by atoms with Crippen LogP contribution >= 0.6 is 11.8 Å². The van der Waals surface area contributed by atoms with Gasteiger partial charge in [0.25, 0.3) is 0 Å².